The Morgan fingerprint density at radius 2 is 1.97 bits per heavy atom. The summed E-state index contributed by atoms with van der Waals surface area (Å²) in [4.78, 5) is 16.9. The lowest BCUT2D eigenvalue weighted by Gasteiger charge is -2.15. The van der Waals surface area contributed by atoms with Crippen molar-refractivity contribution in [2.24, 2.45) is 0 Å². The van der Waals surface area contributed by atoms with E-state index in [4.69, 9.17) is 16.3 Å². The van der Waals surface area contributed by atoms with Gasteiger partial charge in [-0.15, -0.1) is 11.3 Å². The van der Waals surface area contributed by atoms with E-state index in [9.17, 15) is 13.2 Å². The number of benzene rings is 2. The molecule has 7 nitrogen and oxygen atoms in total. The third-order valence-corrected chi connectivity index (χ3v) is 5.68. The maximum atomic E-state index is 12.5. The van der Waals surface area contributed by atoms with E-state index in [1.54, 1.807) is 47.8 Å². The highest BCUT2D eigenvalue weighted by atomic mass is 35.5. The molecule has 1 amide bonds. The Morgan fingerprint density at radius 3 is 2.67 bits per heavy atom. The molecule has 0 aliphatic carbocycles. The molecule has 0 aliphatic rings. The molecule has 2 aromatic carbocycles. The smallest absolute Gasteiger partial charge is 0.271 e. The van der Waals surface area contributed by atoms with Gasteiger partial charge >= 0.3 is 0 Å². The fraction of sp³-hybridized carbons (Fsp3) is 0.200. The van der Waals surface area contributed by atoms with E-state index in [0.717, 1.165) is 11.8 Å². The van der Waals surface area contributed by atoms with E-state index < -0.39 is 10.0 Å². The molecule has 1 atom stereocenters. The summed E-state index contributed by atoms with van der Waals surface area (Å²) in [7, 11) is -3.38. The summed E-state index contributed by atoms with van der Waals surface area (Å²) in [6, 6.07) is 13.5. The summed E-state index contributed by atoms with van der Waals surface area (Å²) in [6.07, 6.45) is 1.08. The normalized spacial score (nSPS) is 12.2. The molecular weight excluding hydrogens is 446 g/mol. The number of hydrogen-bond donors (Lipinski definition) is 2. The number of sulfonamides is 1. The molecule has 2 N–H and O–H groups in total. The predicted molar refractivity (Wildman–Crippen MR) is 119 cm³/mol. The van der Waals surface area contributed by atoms with Gasteiger partial charge in [0, 0.05) is 16.1 Å². The van der Waals surface area contributed by atoms with Gasteiger partial charge in [-0.25, -0.2) is 13.4 Å². The number of hydrogen-bond acceptors (Lipinski definition) is 6. The number of halogens is 1. The van der Waals surface area contributed by atoms with Crippen LogP contribution >= 0.6 is 22.9 Å². The van der Waals surface area contributed by atoms with Crippen molar-refractivity contribution >= 4 is 44.6 Å². The molecule has 0 saturated heterocycles. The highest BCUT2D eigenvalue weighted by Gasteiger charge is 2.15. The summed E-state index contributed by atoms with van der Waals surface area (Å²) in [5, 5.41) is 5.84. The van der Waals surface area contributed by atoms with Crippen LogP contribution in [0.3, 0.4) is 0 Å². The second-order valence-corrected chi connectivity index (χ2v) is 9.69. The van der Waals surface area contributed by atoms with Gasteiger partial charge in [0.2, 0.25) is 10.0 Å². The zero-order chi connectivity index (χ0) is 21.7. The molecule has 1 unspecified atom stereocenters. The van der Waals surface area contributed by atoms with Crippen molar-refractivity contribution in [3.63, 3.8) is 0 Å². The Balaban J connectivity index is 1.59. The van der Waals surface area contributed by atoms with Crippen LogP contribution < -0.4 is 14.8 Å². The minimum absolute atomic E-state index is 0.244. The maximum absolute atomic E-state index is 12.5. The van der Waals surface area contributed by atoms with E-state index in [0.29, 0.717) is 27.2 Å². The number of carbonyl (C=O) groups is 1. The quantitative estimate of drug-likeness (QED) is 0.518. The number of rotatable bonds is 8. The first-order valence-corrected chi connectivity index (χ1v) is 12.1. The van der Waals surface area contributed by atoms with Crippen LogP contribution in [0.25, 0.3) is 0 Å². The van der Waals surface area contributed by atoms with Gasteiger partial charge in [0.05, 0.1) is 12.3 Å². The van der Waals surface area contributed by atoms with E-state index >= 15 is 0 Å². The number of carbonyl (C=O) groups excluding carboxylic acids is 1. The van der Waals surface area contributed by atoms with E-state index in [-0.39, 0.29) is 18.6 Å². The largest absolute Gasteiger partial charge is 0.486 e. The standard InChI is InChI=1S/C20H20ClN3O4S2/c1-13(14-4-3-5-16(10-14)24-30(2,26)27)22-20(25)18-12-29-19(23-18)11-28-17-8-6-15(21)7-9-17/h3-10,12-13,24H,11H2,1-2H3,(H,22,25). The third-order valence-electron chi connectivity index (χ3n) is 4.00. The molecule has 0 bridgehead atoms. The van der Waals surface area contributed by atoms with Crippen molar-refractivity contribution in [1.29, 1.82) is 0 Å². The van der Waals surface area contributed by atoms with Crippen LogP contribution in [0, 0.1) is 0 Å². The topological polar surface area (TPSA) is 97.4 Å². The number of thiazole rings is 1. The van der Waals surface area contributed by atoms with Crippen molar-refractivity contribution in [3.05, 3.63) is 75.2 Å². The van der Waals surface area contributed by atoms with E-state index in [2.05, 4.69) is 15.0 Å². The van der Waals surface area contributed by atoms with Gasteiger partial charge in [-0.05, 0) is 48.9 Å². The molecule has 158 valence electrons. The first kappa shape index (κ1) is 22.1. The van der Waals surface area contributed by atoms with Crippen molar-refractivity contribution in [2.75, 3.05) is 11.0 Å². The van der Waals surface area contributed by atoms with E-state index in [1.165, 1.54) is 11.3 Å². The molecule has 0 fully saturated rings. The molecule has 1 heterocycles. The average Bonchev–Trinajstić information content (AvgIpc) is 3.15. The second kappa shape index (κ2) is 9.46. The molecule has 0 spiro atoms. The summed E-state index contributed by atoms with van der Waals surface area (Å²) < 4.78 is 30.9. The summed E-state index contributed by atoms with van der Waals surface area (Å²) >= 11 is 7.18. The Labute approximate surface area is 184 Å². The Kier molecular flexibility index (Phi) is 6.96. The average molecular weight is 466 g/mol. The lowest BCUT2D eigenvalue weighted by Crippen LogP contribution is -2.27. The number of anilines is 1. The van der Waals surface area contributed by atoms with Gasteiger partial charge in [0.1, 0.15) is 23.1 Å². The molecule has 0 aliphatic heterocycles. The molecule has 0 radical (unpaired) electrons. The third kappa shape index (κ3) is 6.45. The SMILES string of the molecule is CC(NC(=O)c1csc(COc2ccc(Cl)cc2)n1)c1cccc(NS(C)(=O)=O)c1. The van der Waals surface area contributed by atoms with Crippen molar-refractivity contribution in [2.45, 2.75) is 19.6 Å². The molecular formula is C20H20ClN3O4S2. The predicted octanol–water partition coefficient (Wildman–Crippen LogP) is 4.24. The molecule has 3 rings (SSSR count). The summed E-state index contributed by atoms with van der Waals surface area (Å²) in [5.74, 6) is 0.342. The minimum Gasteiger partial charge on any atom is -0.486 e. The van der Waals surface area contributed by atoms with Crippen molar-refractivity contribution < 1.29 is 17.9 Å². The van der Waals surface area contributed by atoms with Crippen molar-refractivity contribution in [3.8, 4) is 5.75 Å². The molecule has 1 aromatic heterocycles. The Hall–Kier alpha value is -2.62. The zero-order valence-electron chi connectivity index (χ0n) is 16.3. The first-order chi connectivity index (χ1) is 14.2. The minimum atomic E-state index is -3.38. The fourth-order valence-electron chi connectivity index (χ4n) is 2.60. The van der Waals surface area contributed by atoms with E-state index in [1.807, 2.05) is 13.0 Å². The summed E-state index contributed by atoms with van der Waals surface area (Å²) in [6.45, 7) is 2.06. The molecule has 30 heavy (non-hydrogen) atoms. The maximum Gasteiger partial charge on any atom is 0.271 e. The van der Waals surface area contributed by atoms with Gasteiger partial charge in [-0.2, -0.15) is 0 Å². The lowest BCUT2D eigenvalue weighted by atomic mass is 10.1. The van der Waals surface area contributed by atoms with Crippen molar-refractivity contribution in [1.82, 2.24) is 10.3 Å². The molecule has 10 heteroatoms. The Bertz CT molecular complexity index is 1130. The van der Waals surface area contributed by atoms with Gasteiger partial charge in [-0.3, -0.25) is 9.52 Å². The monoisotopic (exact) mass is 465 g/mol. The second-order valence-electron chi connectivity index (χ2n) is 6.56. The fourth-order valence-corrected chi connectivity index (χ4v) is 3.96. The van der Waals surface area contributed by atoms with Crippen LogP contribution in [-0.2, 0) is 16.6 Å². The zero-order valence-corrected chi connectivity index (χ0v) is 18.6. The summed E-state index contributed by atoms with van der Waals surface area (Å²) in [5.41, 5.74) is 1.50. The van der Waals surface area contributed by atoms with Crippen LogP contribution in [-0.4, -0.2) is 25.6 Å². The number of nitrogens with one attached hydrogen (secondary N) is 2. The molecule has 3 aromatic rings. The van der Waals surface area contributed by atoms with Crippen LogP contribution in [0.1, 0.15) is 34.0 Å². The first-order valence-electron chi connectivity index (χ1n) is 8.91. The van der Waals surface area contributed by atoms with Gasteiger partial charge < -0.3 is 10.1 Å². The number of nitrogens with zero attached hydrogens (tertiary/aromatic N) is 1. The van der Waals surface area contributed by atoms with Crippen LogP contribution in [0.15, 0.2) is 53.9 Å². The van der Waals surface area contributed by atoms with Crippen LogP contribution in [0.5, 0.6) is 5.75 Å². The number of aromatic nitrogens is 1. The number of amides is 1. The highest BCUT2D eigenvalue weighted by molar-refractivity contribution is 7.92. The van der Waals surface area contributed by atoms with Crippen LogP contribution in [0.4, 0.5) is 5.69 Å². The Morgan fingerprint density at radius 1 is 1.23 bits per heavy atom. The van der Waals surface area contributed by atoms with Gasteiger partial charge in [-0.1, -0.05) is 23.7 Å². The van der Waals surface area contributed by atoms with Crippen LogP contribution in [0.2, 0.25) is 5.02 Å². The van der Waals surface area contributed by atoms with Gasteiger partial charge in [0.25, 0.3) is 5.91 Å². The lowest BCUT2D eigenvalue weighted by molar-refractivity contribution is 0.0935. The number of ether oxygens (including phenoxy) is 1. The molecule has 0 saturated carbocycles. The highest BCUT2D eigenvalue weighted by Crippen LogP contribution is 2.20. The van der Waals surface area contributed by atoms with Gasteiger partial charge in [0.15, 0.2) is 0 Å².